The second kappa shape index (κ2) is 75.4. The van der Waals surface area contributed by atoms with Crippen molar-refractivity contribution in [2.24, 2.45) is 0 Å². The van der Waals surface area contributed by atoms with Crippen molar-refractivity contribution in [3.05, 3.63) is 134 Å². The van der Waals surface area contributed by atoms with Crippen LogP contribution in [0, 0.1) is 0 Å². The molecule has 0 N–H and O–H groups in total. The maximum absolute atomic E-state index is 12.9. The molecule has 552 valence electrons. The number of likely N-dealkylation sites (N-methyl/N-ethyl adjacent to an activating group) is 1. The van der Waals surface area contributed by atoms with Crippen molar-refractivity contribution in [2.45, 2.75) is 354 Å². The summed E-state index contributed by atoms with van der Waals surface area (Å²) in [4.78, 5) is 38.2. The summed E-state index contributed by atoms with van der Waals surface area (Å²) in [5, 5.41) is 0. The SMILES string of the molecule is CC/C=C\C/C=C\C/C=C\C/C=C\C/C=C\C/C=C\C/C=C\C/C=C\C/C=C\CCCCCCCCCC(=O)OC(COC(=O)CCCCCCCCCCCCCCCCCCCCCCCCCCC/C=C\C/C=C\CCCCCCC)COP(=O)([O-])OCC[N+](C)(C)C. The van der Waals surface area contributed by atoms with Crippen LogP contribution < -0.4 is 4.89 Å². The smallest absolute Gasteiger partial charge is 0.306 e. The molecule has 96 heavy (non-hydrogen) atoms. The van der Waals surface area contributed by atoms with Crippen molar-refractivity contribution in [3.8, 4) is 0 Å². The number of phosphoric acid groups is 1. The number of unbranched alkanes of at least 4 members (excludes halogenated alkanes) is 37. The summed E-state index contributed by atoms with van der Waals surface area (Å²) in [5.74, 6) is -0.840. The first-order chi connectivity index (χ1) is 47.0. The number of carbonyl (C=O) groups is 2. The Morgan fingerprint density at radius 2 is 0.594 bits per heavy atom. The van der Waals surface area contributed by atoms with E-state index in [0.29, 0.717) is 17.4 Å². The van der Waals surface area contributed by atoms with Gasteiger partial charge in [-0.2, -0.15) is 0 Å². The van der Waals surface area contributed by atoms with Crippen molar-refractivity contribution in [1.82, 2.24) is 0 Å². The topological polar surface area (TPSA) is 111 Å². The van der Waals surface area contributed by atoms with E-state index in [9.17, 15) is 19.0 Å². The van der Waals surface area contributed by atoms with Crippen LogP contribution in [0.15, 0.2) is 134 Å². The van der Waals surface area contributed by atoms with Crippen molar-refractivity contribution in [1.29, 1.82) is 0 Å². The zero-order valence-corrected chi connectivity index (χ0v) is 63.9. The standard InChI is InChI=1S/C86H150NO8P/c1-6-8-10-12-14-16-18-20-22-24-26-28-30-32-34-36-38-40-42-43-45-46-48-50-52-54-56-58-60-62-64-66-68-70-72-74-76-78-85(88)92-82-84(83-94-96(90,91)93-81-80-87(3,4)5)95-86(89)79-77-75-73-71-69-67-65-63-61-59-57-55-53-51-49-47-44-41-39-37-35-33-31-29-27-25-23-21-19-17-15-13-11-9-7-2/h9,11,15,17-18,20-21,23-24,26-27,29,33,35,39,41,47,49,53,55,59,61,84H,6-8,10,12-14,16,19,22,25,28,30-32,34,36-38,40,42-46,48,50-52,54,56-58,60,62-83H2,1-5H3/b11-9-,17-15-,20-18-,23-21-,26-24-,29-27-,35-33-,41-39-,49-47-,55-53-,61-59-. The number of esters is 2. The Morgan fingerprint density at radius 3 is 0.885 bits per heavy atom. The highest BCUT2D eigenvalue weighted by Gasteiger charge is 2.22. The third kappa shape index (κ3) is 79.1. The summed E-state index contributed by atoms with van der Waals surface area (Å²) in [6.45, 7) is 4.13. The summed E-state index contributed by atoms with van der Waals surface area (Å²) in [7, 11) is 1.15. The maximum Gasteiger partial charge on any atom is 0.306 e. The average Bonchev–Trinajstić information content (AvgIpc) is 2.74. The maximum atomic E-state index is 12.9. The summed E-state index contributed by atoms with van der Waals surface area (Å²) < 4.78 is 34.4. The fourth-order valence-corrected chi connectivity index (χ4v) is 11.8. The molecule has 0 radical (unpaired) electrons. The number of ether oxygens (including phenoxy) is 2. The third-order valence-electron chi connectivity index (χ3n) is 17.2. The molecule has 0 aromatic heterocycles. The quantitative estimate of drug-likeness (QED) is 0.0195. The second-order valence-corrected chi connectivity index (χ2v) is 29.1. The first-order valence-electron chi connectivity index (χ1n) is 39.9. The van der Waals surface area contributed by atoms with E-state index in [1.54, 1.807) is 0 Å². The molecule has 0 amide bonds. The Kier molecular flexibility index (Phi) is 72.3. The summed E-state index contributed by atoms with van der Waals surface area (Å²) >= 11 is 0. The molecule has 10 heteroatoms. The van der Waals surface area contributed by atoms with Crippen LogP contribution in [0.4, 0.5) is 0 Å². The normalized spacial score (nSPS) is 13.8. The number of phosphoric ester groups is 1. The van der Waals surface area contributed by atoms with Crippen molar-refractivity contribution >= 4 is 19.8 Å². The average molecular weight is 1360 g/mol. The van der Waals surface area contributed by atoms with Gasteiger partial charge in [0.25, 0.3) is 7.82 Å². The van der Waals surface area contributed by atoms with Crippen LogP contribution in [-0.2, 0) is 32.7 Å². The minimum atomic E-state index is -4.66. The molecule has 0 saturated carbocycles. The van der Waals surface area contributed by atoms with Crippen LogP contribution in [0.3, 0.4) is 0 Å². The molecule has 0 aromatic rings. The highest BCUT2D eigenvalue weighted by Crippen LogP contribution is 2.38. The van der Waals surface area contributed by atoms with Crippen molar-refractivity contribution < 1.29 is 42.1 Å². The van der Waals surface area contributed by atoms with Gasteiger partial charge in [0.05, 0.1) is 27.7 Å². The monoisotopic (exact) mass is 1360 g/mol. The summed E-state index contributed by atoms with van der Waals surface area (Å²) in [5.41, 5.74) is 0. The number of carbonyl (C=O) groups excluding carboxylic acids is 2. The van der Waals surface area contributed by atoms with Gasteiger partial charge in [-0.15, -0.1) is 0 Å². The van der Waals surface area contributed by atoms with Crippen molar-refractivity contribution in [3.63, 3.8) is 0 Å². The zero-order valence-electron chi connectivity index (χ0n) is 63.0. The minimum Gasteiger partial charge on any atom is -0.756 e. The summed E-state index contributed by atoms with van der Waals surface area (Å²) in [6.07, 6.45) is 110. The third-order valence-corrected chi connectivity index (χ3v) is 18.1. The van der Waals surface area contributed by atoms with Crippen molar-refractivity contribution in [2.75, 3.05) is 47.5 Å². The fraction of sp³-hybridized carbons (Fsp3) is 0.721. The molecule has 0 aliphatic heterocycles. The number of nitrogens with zero attached hydrogens (tertiary/aromatic N) is 1. The molecule has 0 rings (SSSR count). The van der Waals surface area contributed by atoms with E-state index in [2.05, 4.69) is 148 Å². The Bertz CT molecular complexity index is 2090. The molecule has 2 unspecified atom stereocenters. The van der Waals surface area contributed by atoms with Crippen LogP contribution >= 0.6 is 7.82 Å². The summed E-state index contributed by atoms with van der Waals surface area (Å²) in [6, 6.07) is 0. The van der Waals surface area contributed by atoms with Gasteiger partial charge < -0.3 is 27.9 Å². The van der Waals surface area contributed by atoms with E-state index in [0.717, 1.165) is 109 Å². The van der Waals surface area contributed by atoms with Gasteiger partial charge in [-0.1, -0.05) is 353 Å². The minimum absolute atomic E-state index is 0.0379. The molecule has 0 spiro atoms. The second-order valence-electron chi connectivity index (χ2n) is 27.7. The number of quaternary nitrogens is 1. The molecular weight excluding hydrogens is 1210 g/mol. The molecule has 0 heterocycles. The molecule has 9 nitrogen and oxygen atoms in total. The molecule has 0 aliphatic rings. The van der Waals surface area contributed by atoms with Gasteiger partial charge in [0.15, 0.2) is 6.10 Å². The largest absolute Gasteiger partial charge is 0.756 e. The van der Waals surface area contributed by atoms with Crippen LogP contribution in [0.5, 0.6) is 0 Å². The van der Waals surface area contributed by atoms with E-state index < -0.39 is 26.5 Å². The highest BCUT2D eigenvalue weighted by molar-refractivity contribution is 7.45. The molecule has 0 aromatic carbocycles. The highest BCUT2D eigenvalue weighted by atomic mass is 31.2. The molecule has 2 atom stereocenters. The zero-order chi connectivity index (χ0) is 69.7. The molecule has 0 fully saturated rings. The van der Waals surface area contributed by atoms with Crippen LogP contribution in [0.1, 0.15) is 348 Å². The van der Waals surface area contributed by atoms with Gasteiger partial charge in [0.2, 0.25) is 0 Å². The van der Waals surface area contributed by atoms with Crippen LogP contribution in [0.25, 0.3) is 0 Å². The van der Waals surface area contributed by atoms with E-state index in [4.69, 9.17) is 18.5 Å². The number of rotatable bonds is 73. The lowest BCUT2D eigenvalue weighted by atomic mass is 10.0. The number of hydrogen-bond donors (Lipinski definition) is 0. The Morgan fingerprint density at radius 1 is 0.333 bits per heavy atom. The van der Waals surface area contributed by atoms with Gasteiger partial charge in [0, 0.05) is 12.8 Å². The van der Waals surface area contributed by atoms with Gasteiger partial charge in [-0.3, -0.25) is 14.2 Å². The molecule has 0 saturated heterocycles. The molecular formula is C86H150NO8P. The predicted molar refractivity (Wildman–Crippen MR) is 415 cm³/mol. The Labute approximate surface area is 593 Å². The lowest BCUT2D eigenvalue weighted by molar-refractivity contribution is -0.870. The van der Waals surface area contributed by atoms with Crippen LogP contribution in [0.2, 0.25) is 0 Å². The first kappa shape index (κ1) is 92.2. The molecule has 0 bridgehead atoms. The van der Waals surface area contributed by atoms with E-state index in [1.165, 1.54) is 205 Å². The van der Waals surface area contributed by atoms with E-state index in [1.807, 2.05) is 21.1 Å². The molecule has 0 aliphatic carbocycles. The lowest BCUT2D eigenvalue weighted by Crippen LogP contribution is -2.37. The van der Waals surface area contributed by atoms with E-state index in [-0.39, 0.29) is 32.0 Å². The van der Waals surface area contributed by atoms with Gasteiger partial charge in [-0.05, 0) is 116 Å². The van der Waals surface area contributed by atoms with E-state index >= 15 is 0 Å². The Balaban J connectivity index is 4.01. The lowest BCUT2D eigenvalue weighted by Gasteiger charge is -2.28. The predicted octanol–water partition coefficient (Wildman–Crippen LogP) is 26.1. The van der Waals surface area contributed by atoms with Gasteiger partial charge in [-0.25, -0.2) is 0 Å². The number of allylic oxidation sites excluding steroid dienone is 22. The fourth-order valence-electron chi connectivity index (χ4n) is 11.1. The number of hydrogen-bond acceptors (Lipinski definition) is 8. The first-order valence-corrected chi connectivity index (χ1v) is 41.4. The Hall–Kier alpha value is -3.85. The van der Waals surface area contributed by atoms with Gasteiger partial charge >= 0.3 is 11.9 Å². The van der Waals surface area contributed by atoms with Gasteiger partial charge in [0.1, 0.15) is 19.8 Å². The van der Waals surface area contributed by atoms with Crippen LogP contribution in [-0.4, -0.2) is 70.0 Å².